The lowest BCUT2D eigenvalue weighted by Crippen LogP contribution is -2.49. The highest BCUT2D eigenvalue weighted by Gasteiger charge is 2.45. The van der Waals surface area contributed by atoms with Crippen molar-refractivity contribution >= 4 is 11.9 Å². The molecule has 0 aliphatic heterocycles. The van der Waals surface area contributed by atoms with E-state index >= 15 is 4.39 Å². The van der Waals surface area contributed by atoms with Gasteiger partial charge in [0.05, 0.1) is 24.8 Å². The summed E-state index contributed by atoms with van der Waals surface area (Å²) in [6.07, 6.45) is -14.7. The standard InChI is InChI=1S/C35H27F10NO5/c1-49-30(47)3-2-14-50-26-11-4-20(5-12-26)19-33(22-7-9-24(36)10-8-22,23-16-25(37)18-27(17-23)51-35(44,45)32(39)40)46-31(48)21-6-13-29(38)28(15-21)34(41,42)43/h4-13,15-18,32H,2-3,14,19H2,1H3,(H,46,48). The number of benzene rings is 4. The van der Waals surface area contributed by atoms with Crippen LogP contribution in [0.2, 0.25) is 0 Å². The first-order valence-corrected chi connectivity index (χ1v) is 14.8. The fourth-order valence-corrected chi connectivity index (χ4v) is 5.03. The van der Waals surface area contributed by atoms with E-state index in [1.54, 1.807) is 0 Å². The zero-order valence-corrected chi connectivity index (χ0v) is 26.3. The Morgan fingerprint density at radius 3 is 2.04 bits per heavy atom. The summed E-state index contributed by atoms with van der Waals surface area (Å²) in [6.45, 7) is 0.108. The Morgan fingerprint density at radius 1 is 0.765 bits per heavy atom. The van der Waals surface area contributed by atoms with Crippen LogP contribution in [0.5, 0.6) is 11.5 Å². The molecule has 0 saturated heterocycles. The zero-order valence-electron chi connectivity index (χ0n) is 26.3. The van der Waals surface area contributed by atoms with Gasteiger partial charge in [0.25, 0.3) is 5.91 Å². The summed E-state index contributed by atoms with van der Waals surface area (Å²) in [5.74, 6) is -6.36. The second-order valence-electron chi connectivity index (χ2n) is 11.0. The summed E-state index contributed by atoms with van der Waals surface area (Å²) in [6, 6.07) is 13.0. The van der Waals surface area contributed by atoms with Crippen LogP contribution in [0.3, 0.4) is 0 Å². The minimum atomic E-state index is -5.22. The molecular weight excluding hydrogens is 704 g/mol. The molecule has 4 rings (SSSR count). The van der Waals surface area contributed by atoms with Gasteiger partial charge in [-0.1, -0.05) is 24.3 Å². The van der Waals surface area contributed by atoms with E-state index in [-0.39, 0.29) is 24.7 Å². The number of ether oxygens (including phenoxy) is 3. The Bertz CT molecular complexity index is 1830. The van der Waals surface area contributed by atoms with Crippen LogP contribution < -0.4 is 14.8 Å². The molecule has 4 aromatic rings. The number of hydrogen-bond acceptors (Lipinski definition) is 5. The molecule has 1 amide bonds. The molecule has 0 fully saturated rings. The van der Waals surface area contributed by atoms with Crippen LogP contribution in [0.1, 0.15) is 45.5 Å². The predicted molar refractivity (Wildman–Crippen MR) is 161 cm³/mol. The Morgan fingerprint density at radius 2 is 1.43 bits per heavy atom. The minimum absolute atomic E-state index is 0.0734. The van der Waals surface area contributed by atoms with Gasteiger partial charge in [-0.2, -0.15) is 30.7 Å². The predicted octanol–water partition coefficient (Wildman–Crippen LogP) is 8.61. The SMILES string of the molecule is COC(=O)CCCOc1ccc(CC(NC(=O)c2ccc(F)c(C(F)(F)F)c2)(c2ccc(F)cc2)c2cc(F)cc(OC(F)(F)C(F)F)c2)cc1. The molecule has 0 heterocycles. The highest BCUT2D eigenvalue weighted by atomic mass is 19.4. The van der Waals surface area contributed by atoms with Gasteiger partial charge in [-0.3, -0.25) is 9.59 Å². The maximum Gasteiger partial charge on any atom is 0.461 e. The molecule has 0 spiro atoms. The summed E-state index contributed by atoms with van der Waals surface area (Å²) in [5.41, 5.74) is -4.93. The van der Waals surface area contributed by atoms with Crippen LogP contribution in [0.15, 0.2) is 84.9 Å². The number of nitrogens with one attached hydrogen (secondary N) is 1. The van der Waals surface area contributed by atoms with Crippen molar-refractivity contribution in [2.24, 2.45) is 0 Å². The first-order valence-electron chi connectivity index (χ1n) is 14.8. The number of carbonyl (C=O) groups is 2. The Kier molecular flexibility index (Phi) is 11.9. The lowest BCUT2D eigenvalue weighted by Gasteiger charge is -2.37. The number of alkyl halides is 7. The van der Waals surface area contributed by atoms with Crippen molar-refractivity contribution in [2.75, 3.05) is 13.7 Å². The molecule has 1 unspecified atom stereocenters. The van der Waals surface area contributed by atoms with Gasteiger partial charge < -0.3 is 19.5 Å². The fraction of sp³-hybridized carbons (Fsp3) is 0.257. The minimum Gasteiger partial charge on any atom is -0.494 e. The number of amides is 1. The van der Waals surface area contributed by atoms with Crippen molar-refractivity contribution < 1.29 is 67.7 Å². The average molecular weight is 732 g/mol. The van der Waals surface area contributed by atoms with E-state index in [0.29, 0.717) is 35.9 Å². The summed E-state index contributed by atoms with van der Waals surface area (Å²) < 4.78 is 152. The van der Waals surface area contributed by atoms with Gasteiger partial charge in [0.15, 0.2) is 0 Å². The lowest BCUT2D eigenvalue weighted by molar-refractivity contribution is -0.253. The van der Waals surface area contributed by atoms with Crippen LogP contribution in [0.25, 0.3) is 0 Å². The van der Waals surface area contributed by atoms with Crippen molar-refractivity contribution in [1.29, 1.82) is 0 Å². The van der Waals surface area contributed by atoms with Gasteiger partial charge in [0.2, 0.25) is 0 Å². The third kappa shape index (κ3) is 9.70. The number of hydrogen-bond donors (Lipinski definition) is 1. The molecule has 1 N–H and O–H groups in total. The summed E-state index contributed by atoms with van der Waals surface area (Å²) in [7, 11) is 1.23. The maximum atomic E-state index is 15.1. The first-order chi connectivity index (χ1) is 23.9. The first kappa shape index (κ1) is 38.5. The molecule has 0 aliphatic rings. The van der Waals surface area contributed by atoms with Crippen molar-refractivity contribution in [3.63, 3.8) is 0 Å². The van der Waals surface area contributed by atoms with Gasteiger partial charge in [-0.05, 0) is 77.7 Å². The topological polar surface area (TPSA) is 73.9 Å². The van der Waals surface area contributed by atoms with E-state index in [1.165, 1.54) is 31.4 Å². The van der Waals surface area contributed by atoms with E-state index in [0.717, 1.165) is 36.4 Å². The number of methoxy groups -OCH3 is 1. The largest absolute Gasteiger partial charge is 0.494 e. The van der Waals surface area contributed by atoms with E-state index in [2.05, 4.69) is 14.8 Å². The number of carbonyl (C=O) groups excluding carboxylic acids is 2. The molecule has 0 saturated carbocycles. The van der Waals surface area contributed by atoms with E-state index in [9.17, 15) is 49.1 Å². The molecule has 4 aromatic carbocycles. The van der Waals surface area contributed by atoms with Gasteiger partial charge in [-0.15, -0.1) is 0 Å². The van der Waals surface area contributed by atoms with E-state index < -0.39 is 82.4 Å². The quantitative estimate of drug-likeness (QED) is 0.0800. The van der Waals surface area contributed by atoms with Gasteiger partial charge in [0, 0.05) is 24.5 Å². The molecule has 0 aromatic heterocycles. The normalized spacial score (nSPS) is 13.0. The summed E-state index contributed by atoms with van der Waals surface area (Å²) in [5, 5.41) is 2.47. The van der Waals surface area contributed by atoms with Crippen molar-refractivity contribution in [3.8, 4) is 11.5 Å². The van der Waals surface area contributed by atoms with Crippen molar-refractivity contribution in [1.82, 2.24) is 5.32 Å². The van der Waals surface area contributed by atoms with Crippen molar-refractivity contribution in [3.05, 3.63) is 130 Å². The highest BCUT2D eigenvalue weighted by molar-refractivity contribution is 5.95. The molecule has 0 bridgehead atoms. The fourth-order valence-electron chi connectivity index (χ4n) is 5.03. The van der Waals surface area contributed by atoms with Crippen LogP contribution in [-0.2, 0) is 27.7 Å². The molecular formula is C35H27F10NO5. The number of rotatable bonds is 14. The average Bonchev–Trinajstić information content (AvgIpc) is 3.06. The molecule has 0 radical (unpaired) electrons. The smallest absolute Gasteiger partial charge is 0.461 e. The monoisotopic (exact) mass is 731 g/mol. The molecule has 51 heavy (non-hydrogen) atoms. The third-order valence-corrected chi connectivity index (χ3v) is 7.48. The maximum absolute atomic E-state index is 15.1. The molecule has 6 nitrogen and oxygen atoms in total. The van der Waals surface area contributed by atoms with E-state index in [1.807, 2.05) is 0 Å². The number of esters is 1. The summed E-state index contributed by atoms with van der Waals surface area (Å²) >= 11 is 0. The Hall–Kier alpha value is -5.28. The molecule has 16 heteroatoms. The summed E-state index contributed by atoms with van der Waals surface area (Å²) in [4.78, 5) is 25.1. The second kappa shape index (κ2) is 15.7. The molecule has 0 aliphatic carbocycles. The number of halogens is 10. The zero-order chi connectivity index (χ0) is 37.6. The van der Waals surface area contributed by atoms with Crippen molar-refractivity contribution in [2.45, 2.75) is 43.5 Å². The molecule has 1 atom stereocenters. The van der Waals surface area contributed by atoms with Gasteiger partial charge in [0.1, 0.15) is 29.0 Å². The van der Waals surface area contributed by atoms with Crippen LogP contribution in [-0.4, -0.2) is 38.1 Å². The van der Waals surface area contributed by atoms with Crippen LogP contribution in [0.4, 0.5) is 43.9 Å². The van der Waals surface area contributed by atoms with Gasteiger partial charge in [-0.25, -0.2) is 13.2 Å². The lowest BCUT2D eigenvalue weighted by atomic mass is 9.77. The third-order valence-electron chi connectivity index (χ3n) is 7.48. The van der Waals surface area contributed by atoms with Crippen LogP contribution >= 0.6 is 0 Å². The Labute approximate surface area is 283 Å². The highest BCUT2D eigenvalue weighted by Crippen LogP contribution is 2.39. The molecule has 272 valence electrons. The van der Waals surface area contributed by atoms with E-state index in [4.69, 9.17) is 4.74 Å². The van der Waals surface area contributed by atoms with Crippen LogP contribution in [0, 0.1) is 17.5 Å². The van der Waals surface area contributed by atoms with Gasteiger partial charge >= 0.3 is 24.7 Å². The Balaban J connectivity index is 1.86. The second-order valence-corrected chi connectivity index (χ2v) is 11.0.